The Kier molecular flexibility index (Phi) is 6.15. The maximum absolute atomic E-state index is 12.2. The normalized spacial score (nSPS) is 11.6. The fourth-order valence-electron chi connectivity index (χ4n) is 2.33. The minimum Gasteiger partial charge on any atom is -0.456 e. The predicted molar refractivity (Wildman–Crippen MR) is 107 cm³/mol. The molecule has 1 aromatic heterocycles. The van der Waals surface area contributed by atoms with Gasteiger partial charge < -0.3 is 15.4 Å². The molecule has 1 amide bonds. The Morgan fingerprint density at radius 1 is 1.12 bits per heavy atom. The summed E-state index contributed by atoms with van der Waals surface area (Å²) in [5.41, 5.74) is 0.843. The molecule has 2 N–H and O–H groups in total. The molecule has 6 heteroatoms. The second-order valence-electron chi connectivity index (χ2n) is 5.72. The predicted octanol–water partition coefficient (Wildman–Crippen LogP) is 5.31. The Morgan fingerprint density at radius 2 is 1.88 bits per heavy atom. The Morgan fingerprint density at radius 3 is 2.58 bits per heavy atom. The first-order valence-corrected chi connectivity index (χ1v) is 9.46. The van der Waals surface area contributed by atoms with Gasteiger partial charge in [0.25, 0.3) is 0 Å². The van der Waals surface area contributed by atoms with Crippen molar-refractivity contribution in [1.29, 1.82) is 0 Å². The third kappa shape index (κ3) is 5.00. The highest BCUT2D eigenvalue weighted by Crippen LogP contribution is 2.29. The number of para-hydroxylation sites is 1. The zero-order valence-electron chi connectivity index (χ0n) is 14.2. The van der Waals surface area contributed by atoms with E-state index in [1.165, 1.54) is 0 Å². The Hall–Kier alpha value is -2.50. The van der Waals surface area contributed by atoms with E-state index in [0.29, 0.717) is 23.1 Å². The van der Waals surface area contributed by atoms with Gasteiger partial charge in [-0.3, -0.25) is 4.79 Å². The van der Waals surface area contributed by atoms with E-state index in [9.17, 15) is 4.79 Å². The molecular weight excluding hydrogens is 368 g/mol. The van der Waals surface area contributed by atoms with Crippen LogP contribution >= 0.6 is 22.9 Å². The molecule has 0 aliphatic heterocycles. The van der Waals surface area contributed by atoms with E-state index in [0.717, 1.165) is 10.6 Å². The van der Waals surface area contributed by atoms with Crippen molar-refractivity contribution in [3.63, 3.8) is 0 Å². The second-order valence-corrected chi connectivity index (χ2v) is 7.16. The van der Waals surface area contributed by atoms with Crippen molar-refractivity contribution in [2.45, 2.75) is 19.5 Å². The molecule has 0 aliphatic carbocycles. The fraction of sp³-hybridized carbons (Fsp3) is 0.150. The van der Waals surface area contributed by atoms with Crippen LogP contribution in [0.2, 0.25) is 5.02 Å². The van der Waals surface area contributed by atoms with E-state index in [4.69, 9.17) is 16.3 Å². The average molecular weight is 387 g/mol. The van der Waals surface area contributed by atoms with Crippen LogP contribution in [-0.4, -0.2) is 11.9 Å². The first-order valence-electron chi connectivity index (χ1n) is 8.21. The third-order valence-electron chi connectivity index (χ3n) is 3.71. The summed E-state index contributed by atoms with van der Waals surface area (Å²) in [6, 6.07) is 18.4. The van der Waals surface area contributed by atoms with Crippen molar-refractivity contribution in [2.75, 3.05) is 5.32 Å². The van der Waals surface area contributed by atoms with Crippen molar-refractivity contribution in [2.24, 2.45) is 0 Å². The van der Waals surface area contributed by atoms with Crippen LogP contribution in [0.3, 0.4) is 0 Å². The van der Waals surface area contributed by atoms with Crippen molar-refractivity contribution in [1.82, 2.24) is 5.32 Å². The zero-order valence-corrected chi connectivity index (χ0v) is 15.8. The van der Waals surface area contributed by atoms with Gasteiger partial charge in [-0.25, -0.2) is 0 Å². The number of nitrogens with one attached hydrogen (secondary N) is 2. The zero-order chi connectivity index (χ0) is 18.4. The van der Waals surface area contributed by atoms with Crippen molar-refractivity contribution < 1.29 is 9.53 Å². The molecule has 0 spiro atoms. The lowest BCUT2D eigenvalue weighted by atomic mass is 10.2. The van der Waals surface area contributed by atoms with Crippen LogP contribution in [-0.2, 0) is 11.3 Å². The van der Waals surface area contributed by atoms with E-state index in [-0.39, 0.29) is 11.9 Å². The highest BCUT2D eigenvalue weighted by Gasteiger charge is 2.12. The summed E-state index contributed by atoms with van der Waals surface area (Å²) >= 11 is 7.72. The molecule has 0 aliphatic rings. The average Bonchev–Trinajstić information content (AvgIpc) is 3.17. The van der Waals surface area contributed by atoms with Crippen LogP contribution in [0.25, 0.3) is 0 Å². The molecule has 4 nitrogen and oxygen atoms in total. The van der Waals surface area contributed by atoms with Crippen molar-refractivity contribution >= 4 is 34.5 Å². The van der Waals surface area contributed by atoms with E-state index >= 15 is 0 Å². The Balaban J connectivity index is 1.53. The highest BCUT2D eigenvalue weighted by molar-refractivity contribution is 7.09. The number of anilines is 1. The number of rotatable bonds is 7. The van der Waals surface area contributed by atoms with E-state index in [1.807, 2.05) is 66.9 Å². The van der Waals surface area contributed by atoms with Gasteiger partial charge >= 0.3 is 0 Å². The van der Waals surface area contributed by atoms with Gasteiger partial charge in [-0.2, -0.15) is 0 Å². The molecular formula is C20H19ClN2O2S. The maximum atomic E-state index is 12.2. The Bertz CT molecular complexity index is 851. The van der Waals surface area contributed by atoms with Crippen LogP contribution in [0.1, 0.15) is 11.8 Å². The van der Waals surface area contributed by atoms with Crippen molar-refractivity contribution in [3.05, 3.63) is 75.9 Å². The largest absolute Gasteiger partial charge is 0.456 e. The first-order chi connectivity index (χ1) is 12.6. The number of amides is 1. The number of thiophene rings is 1. The standard InChI is InChI=1S/C20H19ClN2O2S/c1-14(20(24)22-13-17-5-4-12-26-17)23-15-8-10-16(11-9-15)25-19-7-3-2-6-18(19)21/h2-12,14,23H,13H2,1H3,(H,22,24). The van der Waals surface area contributed by atoms with Crippen LogP contribution in [0.4, 0.5) is 5.69 Å². The van der Waals surface area contributed by atoms with Crippen LogP contribution in [0.15, 0.2) is 66.0 Å². The van der Waals surface area contributed by atoms with E-state index in [1.54, 1.807) is 17.4 Å². The quantitative estimate of drug-likeness (QED) is 0.578. The molecule has 0 fully saturated rings. The first kappa shape index (κ1) is 18.3. The number of hydrogen-bond acceptors (Lipinski definition) is 4. The Labute approximate surface area is 161 Å². The third-order valence-corrected chi connectivity index (χ3v) is 4.90. The summed E-state index contributed by atoms with van der Waals surface area (Å²) in [6.07, 6.45) is 0. The number of carbonyl (C=O) groups excluding carboxylic acids is 1. The van der Waals surface area contributed by atoms with Crippen molar-refractivity contribution in [3.8, 4) is 11.5 Å². The fourth-order valence-corrected chi connectivity index (χ4v) is 3.15. The molecule has 3 rings (SSSR count). The molecule has 3 aromatic rings. The lowest BCUT2D eigenvalue weighted by Gasteiger charge is -2.15. The van der Waals surface area contributed by atoms with Crippen LogP contribution < -0.4 is 15.4 Å². The van der Waals surface area contributed by atoms with E-state index in [2.05, 4.69) is 10.6 Å². The van der Waals surface area contributed by atoms with Gasteiger partial charge in [-0.05, 0) is 54.8 Å². The molecule has 0 radical (unpaired) electrons. The minimum atomic E-state index is -0.342. The molecule has 1 atom stereocenters. The minimum absolute atomic E-state index is 0.0465. The number of hydrogen-bond donors (Lipinski definition) is 2. The van der Waals surface area contributed by atoms with Gasteiger partial charge in [-0.1, -0.05) is 29.8 Å². The molecule has 1 unspecified atom stereocenters. The molecule has 2 aromatic carbocycles. The molecule has 0 bridgehead atoms. The van der Waals surface area contributed by atoms with Gasteiger partial charge in [0.1, 0.15) is 17.5 Å². The monoisotopic (exact) mass is 386 g/mol. The summed E-state index contributed by atoms with van der Waals surface area (Å²) in [6.45, 7) is 2.38. The SMILES string of the molecule is CC(Nc1ccc(Oc2ccccc2Cl)cc1)C(=O)NCc1cccs1. The molecule has 0 saturated carbocycles. The van der Waals surface area contributed by atoms with Gasteiger partial charge in [0.15, 0.2) is 0 Å². The summed E-state index contributed by atoms with van der Waals surface area (Å²) in [4.78, 5) is 13.3. The number of benzene rings is 2. The van der Waals surface area contributed by atoms with Gasteiger partial charge in [-0.15, -0.1) is 11.3 Å². The maximum Gasteiger partial charge on any atom is 0.242 e. The summed E-state index contributed by atoms with van der Waals surface area (Å²) < 4.78 is 5.76. The topological polar surface area (TPSA) is 50.4 Å². The van der Waals surface area contributed by atoms with Crippen LogP contribution in [0, 0.1) is 0 Å². The molecule has 134 valence electrons. The lowest BCUT2D eigenvalue weighted by Crippen LogP contribution is -2.36. The van der Waals surface area contributed by atoms with Gasteiger partial charge in [0.05, 0.1) is 11.6 Å². The number of ether oxygens (including phenoxy) is 1. The second kappa shape index (κ2) is 8.74. The summed E-state index contributed by atoms with van der Waals surface area (Å²) in [5.74, 6) is 1.24. The van der Waals surface area contributed by atoms with Gasteiger partial charge in [0, 0.05) is 10.6 Å². The highest BCUT2D eigenvalue weighted by atomic mass is 35.5. The summed E-state index contributed by atoms with van der Waals surface area (Å²) in [7, 11) is 0. The van der Waals surface area contributed by atoms with Gasteiger partial charge in [0.2, 0.25) is 5.91 Å². The number of carbonyl (C=O) groups is 1. The smallest absolute Gasteiger partial charge is 0.242 e. The lowest BCUT2D eigenvalue weighted by molar-refractivity contribution is -0.121. The molecule has 1 heterocycles. The summed E-state index contributed by atoms with van der Waals surface area (Å²) in [5, 5.41) is 8.67. The number of halogens is 1. The molecule has 26 heavy (non-hydrogen) atoms. The van der Waals surface area contributed by atoms with E-state index < -0.39 is 0 Å². The molecule has 0 saturated heterocycles. The van der Waals surface area contributed by atoms with Crippen LogP contribution in [0.5, 0.6) is 11.5 Å².